The molecule has 1 rings (SSSR count). The summed E-state index contributed by atoms with van der Waals surface area (Å²) in [5.74, 6) is -2.55. The van der Waals surface area contributed by atoms with Gasteiger partial charge < -0.3 is 9.47 Å². The molecule has 0 unspecified atom stereocenters. The summed E-state index contributed by atoms with van der Waals surface area (Å²) in [7, 11) is 1.48. The Bertz CT molecular complexity index is 410. The van der Waals surface area contributed by atoms with Gasteiger partial charge in [-0.2, -0.15) is 0 Å². The summed E-state index contributed by atoms with van der Waals surface area (Å²) in [6.07, 6.45) is 0. The lowest BCUT2D eigenvalue weighted by molar-refractivity contribution is 0.0571. The van der Waals surface area contributed by atoms with Crippen molar-refractivity contribution in [1.82, 2.24) is 0 Å². The van der Waals surface area contributed by atoms with Crippen LogP contribution >= 0.6 is 15.9 Å². The third kappa shape index (κ3) is 3.83. The SMILES string of the molecule is COCCOCC(=O)c1c(F)ccc(Br)c1F. The lowest BCUT2D eigenvalue weighted by Gasteiger charge is -2.06. The molecule has 0 radical (unpaired) electrons. The van der Waals surface area contributed by atoms with E-state index in [-0.39, 0.29) is 17.7 Å². The van der Waals surface area contributed by atoms with Gasteiger partial charge in [0.05, 0.1) is 23.2 Å². The van der Waals surface area contributed by atoms with Crippen LogP contribution in [0.4, 0.5) is 8.78 Å². The number of ketones is 1. The molecule has 0 N–H and O–H groups in total. The Balaban J connectivity index is 2.72. The van der Waals surface area contributed by atoms with E-state index in [2.05, 4.69) is 15.9 Å². The van der Waals surface area contributed by atoms with Gasteiger partial charge in [0.2, 0.25) is 0 Å². The molecular weight excluding hydrogens is 298 g/mol. The molecule has 6 heteroatoms. The second kappa shape index (κ2) is 6.78. The fourth-order valence-corrected chi connectivity index (χ4v) is 1.49. The number of carbonyl (C=O) groups is 1. The maximum atomic E-state index is 13.5. The number of carbonyl (C=O) groups excluding carboxylic acids is 1. The Morgan fingerprint density at radius 2 is 2.06 bits per heavy atom. The van der Waals surface area contributed by atoms with Crippen molar-refractivity contribution in [1.29, 1.82) is 0 Å². The summed E-state index contributed by atoms with van der Waals surface area (Å²) in [4.78, 5) is 11.5. The van der Waals surface area contributed by atoms with Gasteiger partial charge in [-0.05, 0) is 28.1 Å². The lowest BCUT2D eigenvalue weighted by atomic mass is 10.1. The molecule has 0 bridgehead atoms. The van der Waals surface area contributed by atoms with Gasteiger partial charge in [0.1, 0.15) is 12.4 Å². The second-order valence-corrected chi connectivity index (χ2v) is 4.04. The summed E-state index contributed by atoms with van der Waals surface area (Å²) in [5.41, 5.74) is -0.586. The van der Waals surface area contributed by atoms with E-state index in [1.807, 2.05) is 0 Å². The van der Waals surface area contributed by atoms with E-state index < -0.39 is 23.0 Å². The van der Waals surface area contributed by atoms with Gasteiger partial charge in [-0.15, -0.1) is 0 Å². The standard InChI is InChI=1S/C11H11BrF2O3/c1-16-4-5-17-6-9(15)10-8(13)3-2-7(12)11(10)14/h2-3H,4-6H2,1H3. The van der Waals surface area contributed by atoms with Crippen LogP contribution in [-0.4, -0.2) is 32.7 Å². The van der Waals surface area contributed by atoms with Crippen molar-refractivity contribution < 1.29 is 23.0 Å². The van der Waals surface area contributed by atoms with Crippen molar-refractivity contribution in [3.63, 3.8) is 0 Å². The summed E-state index contributed by atoms with van der Waals surface area (Å²) < 4.78 is 36.5. The largest absolute Gasteiger partial charge is 0.382 e. The molecule has 0 spiro atoms. The van der Waals surface area contributed by atoms with Gasteiger partial charge in [0.15, 0.2) is 11.6 Å². The minimum atomic E-state index is -0.912. The Labute approximate surface area is 106 Å². The van der Waals surface area contributed by atoms with Crippen LogP contribution in [0.5, 0.6) is 0 Å². The van der Waals surface area contributed by atoms with Gasteiger partial charge in [-0.25, -0.2) is 8.78 Å². The topological polar surface area (TPSA) is 35.5 Å². The number of benzene rings is 1. The lowest BCUT2D eigenvalue weighted by Crippen LogP contribution is -2.15. The van der Waals surface area contributed by atoms with Crippen molar-refractivity contribution in [2.75, 3.05) is 26.9 Å². The van der Waals surface area contributed by atoms with Crippen LogP contribution in [0.25, 0.3) is 0 Å². The second-order valence-electron chi connectivity index (χ2n) is 3.19. The quantitative estimate of drug-likeness (QED) is 0.460. The zero-order valence-corrected chi connectivity index (χ0v) is 10.7. The highest BCUT2D eigenvalue weighted by molar-refractivity contribution is 9.10. The molecule has 0 aliphatic heterocycles. The van der Waals surface area contributed by atoms with E-state index in [4.69, 9.17) is 9.47 Å². The van der Waals surface area contributed by atoms with E-state index in [9.17, 15) is 13.6 Å². The molecule has 3 nitrogen and oxygen atoms in total. The number of ether oxygens (including phenoxy) is 2. The molecule has 0 saturated heterocycles. The van der Waals surface area contributed by atoms with Crippen LogP contribution in [0, 0.1) is 11.6 Å². The average Bonchev–Trinajstić information content (AvgIpc) is 2.30. The van der Waals surface area contributed by atoms with Crippen molar-refractivity contribution in [2.24, 2.45) is 0 Å². The molecule has 0 heterocycles. The minimum absolute atomic E-state index is 0.0409. The number of rotatable bonds is 6. The molecule has 0 aliphatic rings. The van der Waals surface area contributed by atoms with Crippen molar-refractivity contribution >= 4 is 21.7 Å². The van der Waals surface area contributed by atoms with Gasteiger partial charge in [0.25, 0.3) is 0 Å². The molecule has 1 aromatic carbocycles. The number of halogens is 3. The third-order valence-corrected chi connectivity index (χ3v) is 2.60. The fourth-order valence-electron chi connectivity index (χ4n) is 1.16. The first-order chi connectivity index (χ1) is 8.07. The molecule has 0 amide bonds. The highest BCUT2D eigenvalue weighted by Gasteiger charge is 2.19. The first-order valence-corrected chi connectivity index (χ1v) is 5.60. The summed E-state index contributed by atoms with van der Waals surface area (Å²) in [6.45, 7) is 0.129. The van der Waals surface area contributed by atoms with Crippen LogP contribution in [0.2, 0.25) is 0 Å². The van der Waals surface area contributed by atoms with Gasteiger partial charge in [-0.3, -0.25) is 4.79 Å². The van der Waals surface area contributed by atoms with Crippen LogP contribution in [0.3, 0.4) is 0 Å². The van der Waals surface area contributed by atoms with E-state index >= 15 is 0 Å². The van der Waals surface area contributed by atoms with E-state index in [1.54, 1.807) is 0 Å². The smallest absolute Gasteiger partial charge is 0.194 e. The van der Waals surface area contributed by atoms with Gasteiger partial charge in [-0.1, -0.05) is 0 Å². The summed E-state index contributed by atoms with van der Waals surface area (Å²) in [6, 6.07) is 2.22. The van der Waals surface area contributed by atoms with Crippen LogP contribution in [0.1, 0.15) is 10.4 Å². The monoisotopic (exact) mass is 308 g/mol. The maximum Gasteiger partial charge on any atom is 0.194 e. The average molecular weight is 309 g/mol. The van der Waals surface area contributed by atoms with E-state index in [1.165, 1.54) is 13.2 Å². The minimum Gasteiger partial charge on any atom is -0.382 e. The van der Waals surface area contributed by atoms with Crippen LogP contribution in [0.15, 0.2) is 16.6 Å². The maximum absolute atomic E-state index is 13.5. The van der Waals surface area contributed by atoms with E-state index in [0.717, 1.165) is 6.07 Å². The normalized spacial score (nSPS) is 10.6. The highest BCUT2D eigenvalue weighted by atomic mass is 79.9. The molecule has 94 valence electrons. The Kier molecular flexibility index (Phi) is 5.67. The van der Waals surface area contributed by atoms with Gasteiger partial charge >= 0.3 is 0 Å². The predicted molar refractivity (Wildman–Crippen MR) is 61.1 cm³/mol. The first kappa shape index (κ1) is 14.2. The third-order valence-electron chi connectivity index (χ3n) is 1.99. The van der Waals surface area contributed by atoms with Crippen molar-refractivity contribution in [3.8, 4) is 0 Å². The number of methoxy groups -OCH3 is 1. The number of hydrogen-bond acceptors (Lipinski definition) is 3. The Hall–Kier alpha value is -0.850. The van der Waals surface area contributed by atoms with Gasteiger partial charge in [0, 0.05) is 7.11 Å². The van der Waals surface area contributed by atoms with Crippen molar-refractivity contribution in [2.45, 2.75) is 0 Å². The molecule has 17 heavy (non-hydrogen) atoms. The summed E-state index contributed by atoms with van der Waals surface area (Å²) in [5, 5.41) is 0. The molecular formula is C11H11BrF2O3. The van der Waals surface area contributed by atoms with E-state index in [0.29, 0.717) is 6.61 Å². The predicted octanol–water partition coefficient (Wildman–Crippen LogP) is 2.57. The molecule has 0 aromatic heterocycles. The molecule has 0 aliphatic carbocycles. The Morgan fingerprint density at radius 3 is 2.71 bits per heavy atom. The zero-order valence-electron chi connectivity index (χ0n) is 9.13. The highest BCUT2D eigenvalue weighted by Crippen LogP contribution is 2.21. The fraction of sp³-hybridized carbons (Fsp3) is 0.364. The zero-order chi connectivity index (χ0) is 12.8. The Morgan fingerprint density at radius 1 is 1.35 bits per heavy atom. The molecule has 1 aromatic rings. The molecule has 0 atom stereocenters. The summed E-state index contributed by atoms with van der Waals surface area (Å²) >= 11 is 2.89. The van der Waals surface area contributed by atoms with Crippen molar-refractivity contribution in [3.05, 3.63) is 33.8 Å². The molecule has 0 saturated carbocycles. The number of hydrogen-bond donors (Lipinski definition) is 0. The molecule has 0 fully saturated rings. The first-order valence-electron chi connectivity index (χ1n) is 4.81. The van der Waals surface area contributed by atoms with Crippen LogP contribution in [-0.2, 0) is 9.47 Å². The van der Waals surface area contributed by atoms with Crippen LogP contribution < -0.4 is 0 Å². The number of Topliss-reactive ketones (excluding diaryl/α,β-unsaturated/α-hetero) is 1.